The zero-order valence-corrected chi connectivity index (χ0v) is 9.75. The Morgan fingerprint density at radius 1 is 0.944 bits per heavy atom. The molecule has 18 heavy (non-hydrogen) atoms. The Morgan fingerprint density at radius 2 is 1.78 bits per heavy atom. The quantitative estimate of drug-likeness (QED) is 0.496. The summed E-state index contributed by atoms with van der Waals surface area (Å²) in [7, 11) is 0. The maximum absolute atomic E-state index is 13.5. The lowest BCUT2D eigenvalue weighted by molar-refractivity contribution is -0.716. The van der Waals surface area contributed by atoms with Crippen molar-refractivity contribution in [1.29, 1.82) is 0 Å². The highest BCUT2D eigenvalue weighted by Crippen LogP contribution is 2.11. The fraction of sp³-hybridized carbons (Fsp3) is 0.0667. The van der Waals surface area contributed by atoms with Crippen LogP contribution in [-0.2, 0) is 6.54 Å². The van der Waals surface area contributed by atoms with Crippen LogP contribution in [0.1, 0.15) is 5.69 Å². The predicted octanol–water partition coefficient (Wildman–Crippen LogP) is 2.71. The molecule has 2 heterocycles. The molecule has 0 spiro atoms. The van der Waals surface area contributed by atoms with Crippen LogP contribution in [0.15, 0.2) is 60.8 Å². The van der Waals surface area contributed by atoms with E-state index >= 15 is 0 Å². The molecule has 0 N–H and O–H groups in total. The summed E-state index contributed by atoms with van der Waals surface area (Å²) in [5.74, 6) is -0.257. The van der Waals surface area contributed by atoms with Crippen molar-refractivity contribution in [2.75, 3.05) is 0 Å². The van der Waals surface area contributed by atoms with Crippen molar-refractivity contribution in [2.45, 2.75) is 6.54 Å². The van der Waals surface area contributed by atoms with Crippen LogP contribution in [0.5, 0.6) is 0 Å². The smallest absolute Gasteiger partial charge is 0.246 e. The molecule has 1 aromatic carbocycles. The van der Waals surface area contributed by atoms with Gasteiger partial charge in [0, 0.05) is 17.5 Å². The van der Waals surface area contributed by atoms with Gasteiger partial charge in [-0.25, -0.2) is 4.98 Å². The lowest BCUT2D eigenvalue weighted by atomic mass is 10.2. The zero-order chi connectivity index (χ0) is 12.4. The van der Waals surface area contributed by atoms with Gasteiger partial charge in [-0.2, -0.15) is 4.57 Å². The molecule has 0 bridgehead atoms. The van der Waals surface area contributed by atoms with E-state index in [1.165, 1.54) is 10.6 Å². The van der Waals surface area contributed by atoms with Gasteiger partial charge in [0.1, 0.15) is 5.69 Å². The molecule has 0 fully saturated rings. The highest BCUT2D eigenvalue weighted by Gasteiger charge is 2.10. The normalized spacial score (nSPS) is 10.7. The Kier molecular flexibility index (Phi) is 2.73. The van der Waals surface area contributed by atoms with Crippen molar-refractivity contribution in [1.82, 2.24) is 4.98 Å². The first-order valence-electron chi connectivity index (χ1n) is 5.81. The molecule has 0 atom stereocenters. The summed E-state index contributed by atoms with van der Waals surface area (Å²) in [6.07, 6.45) is 1.71. The average molecular weight is 239 g/mol. The second-order valence-corrected chi connectivity index (χ2v) is 4.15. The van der Waals surface area contributed by atoms with Gasteiger partial charge in [-0.1, -0.05) is 24.3 Å². The average Bonchev–Trinajstić information content (AvgIpc) is 2.41. The van der Waals surface area contributed by atoms with E-state index in [1.807, 2.05) is 42.5 Å². The van der Waals surface area contributed by atoms with Crippen molar-refractivity contribution in [2.24, 2.45) is 0 Å². The van der Waals surface area contributed by atoms with Gasteiger partial charge in [0.25, 0.3) is 0 Å². The van der Waals surface area contributed by atoms with Gasteiger partial charge in [0.05, 0.1) is 5.52 Å². The number of rotatable bonds is 2. The van der Waals surface area contributed by atoms with Gasteiger partial charge in [0.2, 0.25) is 0 Å². The van der Waals surface area contributed by atoms with Crippen molar-refractivity contribution in [3.8, 4) is 0 Å². The molecule has 3 heteroatoms. The number of para-hydroxylation sites is 1. The molecule has 0 radical (unpaired) electrons. The van der Waals surface area contributed by atoms with E-state index in [0.717, 1.165) is 16.6 Å². The van der Waals surface area contributed by atoms with Crippen LogP contribution in [0, 0.1) is 5.95 Å². The molecule has 0 aliphatic carbocycles. The summed E-state index contributed by atoms with van der Waals surface area (Å²) in [4.78, 5) is 4.52. The molecule has 88 valence electrons. The minimum absolute atomic E-state index is 0.257. The van der Waals surface area contributed by atoms with E-state index in [1.54, 1.807) is 12.3 Å². The molecule has 0 aliphatic heterocycles. The van der Waals surface area contributed by atoms with E-state index in [4.69, 9.17) is 0 Å². The Hall–Kier alpha value is -2.29. The molecule has 0 unspecified atom stereocenters. The van der Waals surface area contributed by atoms with Crippen LogP contribution >= 0.6 is 0 Å². The lowest BCUT2D eigenvalue weighted by Crippen LogP contribution is -2.38. The number of nitrogens with zero attached hydrogens (tertiary/aromatic N) is 2. The Balaban J connectivity index is 1.98. The molecule has 2 aromatic heterocycles. The highest BCUT2D eigenvalue weighted by atomic mass is 19.1. The van der Waals surface area contributed by atoms with Gasteiger partial charge in [-0.15, -0.1) is 4.39 Å². The fourth-order valence-corrected chi connectivity index (χ4v) is 1.95. The molecule has 2 nitrogen and oxygen atoms in total. The van der Waals surface area contributed by atoms with Crippen LogP contribution in [0.4, 0.5) is 4.39 Å². The number of hydrogen-bond acceptors (Lipinski definition) is 1. The third kappa shape index (κ3) is 2.07. The van der Waals surface area contributed by atoms with Gasteiger partial charge >= 0.3 is 5.95 Å². The van der Waals surface area contributed by atoms with Crippen molar-refractivity contribution >= 4 is 10.9 Å². The second kappa shape index (κ2) is 4.53. The number of pyridine rings is 2. The van der Waals surface area contributed by atoms with E-state index in [9.17, 15) is 4.39 Å². The lowest BCUT2D eigenvalue weighted by Gasteiger charge is -2.00. The van der Waals surface area contributed by atoms with Crippen LogP contribution in [0.25, 0.3) is 10.9 Å². The van der Waals surface area contributed by atoms with E-state index in [-0.39, 0.29) is 5.95 Å². The molecule has 3 aromatic rings. The second-order valence-electron chi connectivity index (χ2n) is 4.15. The number of hydrogen-bond donors (Lipinski definition) is 0. The maximum atomic E-state index is 13.5. The highest BCUT2D eigenvalue weighted by molar-refractivity contribution is 5.78. The zero-order valence-electron chi connectivity index (χ0n) is 9.75. The number of halogens is 1. The Labute approximate surface area is 104 Å². The van der Waals surface area contributed by atoms with Crippen molar-refractivity contribution < 1.29 is 8.96 Å². The van der Waals surface area contributed by atoms with Crippen molar-refractivity contribution in [3.05, 3.63) is 72.4 Å². The number of benzene rings is 1. The van der Waals surface area contributed by atoms with E-state index in [2.05, 4.69) is 4.98 Å². The molecule has 0 saturated carbocycles. The molecule has 0 aliphatic rings. The summed E-state index contributed by atoms with van der Waals surface area (Å²) in [5.41, 5.74) is 1.79. The standard InChI is InChI=1S/C15H12FN2/c16-15-7-3-4-10-18(15)11-13-9-8-12-5-1-2-6-14(12)17-13/h1-10H,11H2/q+1. The van der Waals surface area contributed by atoms with Crippen LogP contribution in [0.3, 0.4) is 0 Å². The minimum Gasteiger partial charge on any atom is -0.246 e. The van der Waals surface area contributed by atoms with Crippen molar-refractivity contribution in [3.63, 3.8) is 0 Å². The van der Waals surface area contributed by atoms with Gasteiger partial charge in [-0.3, -0.25) is 0 Å². The first kappa shape index (κ1) is 10.8. The molecular weight excluding hydrogens is 227 g/mol. The van der Waals surface area contributed by atoms with Gasteiger partial charge in [-0.05, 0) is 18.2 Å². The maximum Gasteiger partial charge on any atom is 0.359 e. The summed E-state index contributed by atoms with van der Waals surface area (Å²) >= 11 is 0. The molecular formula is C15H12FN2+. The van der Waals surface area contributed by atoms with Crippen LogP contribution in [0.2, 0.25) is 0 Å². The summed E-state index contributed by atoms with van der Waals surface area (Å²) in [6, 6.07) is 16.8. The fourth-order valence-electron chi connectivity index (χ4n) is 1.95. The Morgan fingerprint density at radius 3 is 2.67 bits per heavy atom. The van der Waals surface area contributed by atoms with Crippen LogP contribution in [-0.4, -0.2) is 4.98 Å². The molecule has 0 amide bonds. The largest absolute Gasteiger partial charge is 0.359 e. The summed E-state index contributed by atoms with van der Waals surface area (Å²) in [6.45, 7) is 0.442. The summed E-state index contributed by atoms with van der Waals surface area (Å²) < 4.78 is 15.1. The third-order valence-electron chi connectivity index (χ3n) is 2.87. The topological polar surface area (TPSA) is 16.8 Å². The third-order valence-corrected chi connectivity index (χ3v) is 2.87. The van der Waals surface area contributed by atoms with Crippen LogP contribution < -0.4 is 4.57 Å². The van der Waals surface area contributed by atoms with Gasteiger partial charge < -0.3 is 0 Å². The first-order chi connectivity index (χ1) is 8.83. The minimum atomic E-state index is -0.257. The number of aromatic nitrogens is 2. The van der Waals surface area contributed by atoms with E-state index < -0.39 is 0 Å². The van der Waals surface area contributed by atoms with E-state index in [0.29, 0.717) is 6.54 Å². The number of fused-ring (bicyclic) bond motifs is 1. The Bertz CT molecular complexity index is 695. The SMILES string of the molecule is Fc1cccc[n+]1Cc1ccc2ccccc2n1. The van der Waals surface area contributed by atoms with Gasteiger partial charge in [0.15, 0.2) is 12.7 Å². The molecule has 3 rings (SSSR count). The summed E-state index contributed by atoms with van der Waals surface area (Å²) in [5, 5.41) is 1.10. The monoisotopic (exact) mass is 239 g/mol. The predicted molar refractivity (Wildman–Crippen MR) is 67.4 cm³/mol. The molecule has 0 saturated heterocycles. The first-order valence-corrected chi connectivity index (χ1v) is 5.81.